The molecule has 0 aliphatic carbocycles. The van der Waals surface area contributed by atoms with Gasteiger partial charge in [-0.3, -0.25) is 0 Å². The van der Waals surface area contributed by atoms with Crippen LogP contribution < -0.4 is 0 Å². The van der Waals surface area contributed by atoms with Crippen LogP contribution in [0.3, 0.4) is 0 Å². The Morgan fingerprint density at radius 3 is 1.03 bits per heavy atom. The molecule has 0 spiro atoms. The summed E-state index contributed by atoms with van der Waals surface area (Å²) < 4.78 is 176. The largest absolute Gasteiger partial charge is 0.490 e. The van der Waals surface area contributed by atoms with Gasteiger partial charge in [0.2, 0.25) is 0 Å². The summed E-state index contributed by atoms with van der Waals surface area (Å²) in [6, 6.07) is 9.46. The molecule has 0 atom stereocenters. The Morgan fingerprint density at radius 1 is 0.406 bits per heavy atom. The second kappa shape index (κ2) is 8.03. The van der Waals surface area contributed by atoms with Gasteiger partial charge in [0.1, 0.15) is 10.9 Å². The second-order valence-electron chi connectivity index (χ2n) is 6.24. The molecule has 0 nitrogen and oxygen atoms in total. The Balaban J connectivity index is 2.72. The van der Waals surface area contributed by atoms with Crippen molar-refractivity contribution in [1.82, 2.24) is 0 Å². The number of alkyl halides is 13. The molecule has 0 aliphatic heterocycles. The van der Waals surface area contributed by atoms with Gasteiger partial charge in [-0.1, -0.05) is 36.4 Å². The molecule has 0 radical (unpaired) electrons. The standard InChI is InChI=1S/C18H10F13S/c19-13(20,15(23,24)17(27,28)29)14(21,22)16(25,26)18(30,31)32(11-7-3-1-4-8-11)12-9-5-2-6-10-12/h1-10H/q+1. The van der Waals surface area contributed by atoms with Gasteiger partial charge in [0.15, 0.2) is 9.79 Å². The fraction of sp³-hybridized carbons (Fsp3) is 0.333. The van der Waals surface area contributed by atoms with Gasteiger partial charge >= 0.3 is 35.1 Å². The lowest BCUT2D eigenvalue weighted by atomic mass is 9.98. The predicted octanol–water partition coefficient (Wildman–Crippen LogP) is 7.42. The third kappa shape index (κ3) is 3.79. The second-order valence-corrected chi connectivity index (χ2v) is 8.31. The van der Waals surface area contributed by atoms with E-state index >= 15 is 0 Å². The minimum atomic E-state index is -7.92. The Kier molecular flexibility index (Phi) is 6.56. The quantitative estimate of drug-likeness (QED) is 0.272. The van der Waals surface area contributed by atoms with E-state index in [1.165, 1.54) is 12.1 Å². The summed E-state index contributed by atoms with van der Waals surface area (Å²) in [5, 5.41) is -6.23. The van der Waals surface area contributed by atoms with Gasteiger partial charge < -0.3 is 0 Å². The lowest BCUT2D eigenvalue weighted by Gasteiger charge is -2.38. The molecule has 0 aromatic heterocycles. The molecule has 0 fully saturated rings. The van der Waals surface area contributed by atoms with E-state index in [-0.39, 0.29) is 0 Å². The molecule has 32 heavy (non-hydrogen) atoms. The first kappa shape index (κ1) is 26.1. The smallest absolute Gasteiger partial charge is 0.192 e. The molecule has 0 bridgehead atoms. The maximum Gasteiger partial charge on any atom is 0.490 e. The van der Waals surface area contributed by atoms with Crippen LogP contribution in [0, 0.1) is 0 Å². The molecule has 0 saturated carbocycles. The normalized spacial score (nSPS) is 14.7. The van der Waals surface area contributed by atoms with Crippen molar-refractivity contribution in [2.45, 2.75) is 44.9 Å². The van der Waals surface area contributed by atoms with Crippen molar-refractivity contribution in [3.63, 3.8) is 0 Å². The summed E-state index contributed by atoms with van der Waals surface area (Å²) in [7, 11) is -3.48. The molecular formula is C18H10F13S+. The highest BCUT2D eigenvalue weighted by Gasteiger charge is 2.94. The van der Waals surface area contributed by atoms with Gasteiger partial charge in [0, 0.05) is 0 Å². The van der Waals surface area contributed by atoms with Gasteiger partial charge in [-0.05, 0) is 24.3 Å². The maximum absolute atomic E-state index is 14.9. The minimum absolute atomic E-state index is 0.751. The van der Waals surface area contributed by atoms with Gasteiger partial charge in [0.25, 0.3) is 0 Å². The number of benzene rings is 2. The van der Waals surface area contributed by atoms with Crippen molar-refractivity contribution in [3.8, 4) is 0 Å². The van der Waals surface area contributed by atoms with Crippen LogP contribution in [0.4, 0.5) is 57.1 Å². The molecule has 2 aromatic rings. The summed E-state index contributed by atoms with van der Waals surface area (Å²) >= 11 is 0. The molecule has 0 amide bonds. The Morgan fingerprint density at radius 2 is 0.719 bits per heavy atom. The summed E-state index contributed by atoms with van der Waals surface area (Å²) in [6.07, 6.45) is -7.44. The Bertz CT molecular complexity index is 868. The van der Waals surface area contributed by atoms with E-state index in [4.69, 9.17) is 0 Å². The Labute approximate surface area is 174 Å². The molecule has 0 unspecified atom stereocenters. The van der Waals surface area contributed by atoms with E-state index in [2.05, 4.69) is 0 Å². The van der Waals surface area contributed by atoms with Crippen LogP contribution in [0.2, 0.25) is 0 Å². The minimum Gasteiger partial charge on any atom is -0.192 e. The molecule has 2 rings (SSSR count). The maximum atomic E-state index is 14.9. The molecule has 14 heteroatoms. The monoisotopic (exact) mass is 505 g/mol. The number of hydrogen-bond donors (Lipinski definition) is 0. The van der Waals surface area contributed by atoms with Crippen LogP contribution >= 0.6 is 0 Å². The summed E-state index contributed by atoms with van der Waals surface area (Å²) in [5.41, 5.74) is 0. The van der Waals surface area contributed by atoms with Crippen molar-refractivity contribution in [1.29, 1.82) is 0 Å². The predicted molar refractivity (Wildman–Crippen MR) is 87.6 cm³/mol. The van der Waals surface area contributed by atoms with Crippen LogP contribution in [0.5, 0.6) is 0 Å². The average molecular weight is 505 g/mol. The fourth-order valence-electron chi connectivity index (χ4n) is 2.43. The summed E-state index contributed by atoms with van der Waals surface area (Å²) in [6.45, 7) is 0. The fourth-order valence-corrected chi connectivity index (χ4v) is 4.54. The third-order valence-electron chi connectivity index (χ3n) is 4.12. The third-order valence-corrected chi connectivity index (χ3v) is 6.37. The van der Waals surface area contributed by atoms with Gasteiger partial charge in [-0.15, -0.1) is 8.78 Å². The molecule has 0 heterocycles. The Hall–Kier alpha value is -2.12. The average Bonchev–Trinajstić information content (AvgIpc) is 2.68. The van der Waals surface area contributed by atoms with Crippen molar-refractivity contribution in [3.05, 3.63) is 60.7 Å². The lowest BCUT2D eigenvalue weighted by molar-refractivity contribution is -0.433. The van der Waals surface area contributed by atoms with E-state index in [9.17, 15) is 57.1 Å². The first-order valence-electron chi connectivity index (χ1n) is 8.14. The zero-order valence-electron chi connectivity index (χ0n) is 15.1. The highest BCUT2D eigenvalue weighted by Crippen LogP contribution is 2.62. The van der Waals surface area contributed by atoms with Crippen molar-refractivity contribution in [2.75, 3.05) is 0 Å². The van der Waals surface area contributed by atoms with Crippen molar-refractivity contribution >= 4 is 10.9 Å². The summed E-state index contributed by atoms with van der Waals surface area (Å²) in [4.78, 5) is -1.57. The van der Waals surface area contributed by atoms with Crippen LogP contribution in [-0.2, 0) is 10.9 Å². The van der Waals surface area contributed by atoms with E-state index < -0.39 is 55.8 Å². The van der Waals surface area contributed by atoms with Crippen molar-refractivity contribution < 1.29 is 57.1 Å². The number of halogens is 13. The zero-order valence-corrected chi connectivity index (χ0v) is 15.9. The highest BCUT2D eigenvalue weighted by atomic mass is 32.2. The lowest BCUT2D eigenvalue weighted by Crippen LogP contribution is -2.71. The highest BCUT2D eigenvalue weighted by molar-refractivity contribution is 7.98. The summed E-state index contributed by atoms with van der Waals surface area (Å²) in [5.74, 6) is -30.8. The van der Waals surface area contributed by atoms with E-state index in [0.29, 0.717) is 0 Å². The number of hydrogen-bond acceptors (Lipinski definition) is 0. The van der Waals surface area contributed by atoms with Crippen LogP contribution in [0.1, 0.15) is 0 Å². The van der Waals surface area contributed by atoms with E-state index in [1.807, 2.05) is 0 Å². The number of rotatable bonds is 7. The van der Waals surface area contributed by atoms with E-state index in [0.717, 1.165) is 48.5 Å². The van der Waals surface area contributed by atoms with Gasteiger partial charge in [-0.2, -0.15) is 48.3 Å². The molecular weight excluding hydrogens is 495 g/mol. The van der Waals surface area contributed by atoms with Crippen LogP contribution in [0.15, 0.2) is 70.5 Å². The molecule has 0 saturated heterocycles. The molecule has 178 valence electrons. The topological polar surface area (TPSA) is 0 Å². The van der Waals surface area contributed by atoms with E-state index in [1.54, 1.807) is 0 Å². The molecule has 2 aromatic carbocycles. The first-order valence-corrected chi connectivity index (χ1v) is 9.37. The molecule has 0 N–H and O–H groups in total. The van der Waals surface area contributed by atoms with Crippen molar-refractivity contribution in [2.24, 2.45) is 0 Å². The molecule has 0 aliphatic rings. The van der Waals surface area contributed by atoms with Crippen LogP contribution in [-0.4, -0.2) is 35.1 Å². The zero-order chi connectivity index (χ0) is 24.8. The first-order chi connectivity index (χ1) is 14.3. The van der Waals surface area contributed by atoms with Gasteiger partial charge in [0.05, 0.1) is 0 Å². The van der Waals surface area contributed by atoms with Gasteiger partial charge in [-0.25, -0.2) is 0 Å². The SMILES string of the molecule is FC(F)(F)C(F)(F)C(F)(F)C(F)(F)C(F)(F)C(F)(F)[S+](c1ccccc1)c1ccccc1. The van der Waals surface area contributed by atoms with Crippen LogP contribution in [0.25, 0.3) is 0 Å².